The molecule has 0 aliphatic carbocycles. The maximum absolute atomic E-state index is 13.2. The van der Waals surface area contributed by atoms with Crippen molar-refractivity contribution in [1.29, 1.82) is 0 Å². The third kappa shape index (κ3) is 2.53. The summed E-state index contributed by atoms with van der Waals surface area (Å²) in [6.45, 7) is 1.52. The smallest absolute Gasteiger partial charge is 0.243 e. The molecule has 0 spiro atoms. The average Bonchev–Trinajstić information content (AvgIpc) is 2.33. The maximum atomic E-state index is 13.2. The number of amides is 1. The van der Waals surface area contributed by atoms with Crippen LogP contribution in [0.15, 0.2) is 18.5 Å². The number of carbonyl (C=O) groups excluding carboxylic acids is 1. The Morgan fingerprint density at radius 3 is 3.25 bits per heavy atom. The van der Waals surface area contributed by atoms with Gasteiger partial charge in [-0.2, -0.15) is 0 Å². The molecule has 2 N–H and O–H groups in total. The molecule has 5 nitrogen and oxygen atoms in total. The Morgan fingerprint density at radius 1 is 1.69 bits per heavy atom. The number of carbonyl (C=O) groups is 1. The Bertz CT molecular complexity index is 380. The van der Waals surface area contributed by atoms with Crippen molar-refractivity contribution in [2.45, 2.75) is 6.04 Å². The van der Waals surface area contributed by atoms with Crippen LogP contribution in [0.3, 0.4) is 0 Å². The molecule has 1 atom stereocenters. The number of hydrogen-bond acceptors (Lipinski definition) is 4. The van der Waals surface area contributed by atoms with Gasteiger partial charge in [-0.3, -0.25) is 9.78 Å². The topological polar surface area (TPSA) is 63.2 Å². The minimum Gasteiger partial charge on any atom is -0.378 e. The number of aromatic nitrogens is 1. The van der Waals surface area contributed by atoms with Gasteiger partial charge in [0.15, 0.2) is 5.82 Å². The van der Waals surface area contributed by atoms with E-state index < -0.39 is 11.9 Å². The molecule has 1 aliphatic heterocycles. The summed E-state index contributed by atoms with van der Waals surface area (Å²) < 4.78 is 18.3. The van der Waals surface area contributed by atoms with Gasteiger partial charge in [-0.1, -0.05) is 0 Å². The molecular formula is C10H12FN3O2. The highest BCUT2D eigenvalue weighted by Crippen LogP contribution is 2.11. The Kier molecular flexibility index (Phi) is 3.43. The molecule has 0 saturated carbocycles. The Balaban J connectivity index is 1.99. The number of rotatable bonds is 2. The summed E-state index contributed by atoms with van der Waals surface area (Å²) in [5.74, 6) is -0.850. The van der Waals surface area contributed by atoms with E-state index in [9.17, 15) is 9.18 Å². The minimum absolute atomic E-state index is 0.132. The van der Waals surface area contributed by atoms with E-state index in [0.717, 1.165) is 6.20 Å². The fraction of sp³-hybridized carbons (Fsp3) is 0.400. The zero-order chi connectivity index (χ0) is 11.4. The summed E-state index contributed by atoms with van der Waals surface area (Å²) in [6, 6.07) is 0.984. The van der Waals surface area contributed by atoms with Gasteiger partial charge >= 0.3 is 0 Å². The largest absolute Gasteiger partial charge is 0.378 e. The van der Waals surface area contributed by atoms with E-state index in [0.29, 0.717) is 19.8 Å². The normalized spacial score (nSPS) is 20.4. The van der Waals surface area contributed by atoms with Crippen LogP contribution in [0.2, 0.25) is 0 Å². The van der Waals surface area contributed by atoms with Crippen LogP contribution in [0.25, 0.3) is 0 Å². The van der Waals surface area contributed by atoms with Crippen LogP contribution >= 0.6 is 0 Å². The van der Waals surface area contributed by atoms with Crippen molar-refractivity contribution in [2.24, 2.45) is 0 Å². The third-order valence-electron chi connectivity index (χ3n) is 2.27. The van der Waals surface area contributed by atoms with Crippen LogP contribution in [-0.2, 0) is 9.53 Å². The Morgan fingerprint density at radius 2 is 2.56 bits per heavy atom. The zero-order valence-electron chi connectivity index (χ0n) is 8.57. The van der Waals surface area contributed by atoms with Crippen LogP contribution in [0.1, 0.15) is 0 Å². The van der Waals surface area contributed by atoms with E-state index in [-0.39, 0.29) is 11.6 Å². The first-order valence-electron chi connectivity index (χ1n) is 4.99. The standard InChI is InChI=1S/C10H12FN3O2/c11-7-5-12-2-1-8(7)14-10(15)9-6-16-4-3-13-9/h1-2,5,9,13H,3-4,6H2,(H,12,14,15). The lowest BCUT2D eigenvalue weighted by molar-refractivity contribution is -0.120. The number of ether oxygens (including phenoxy) is 1. The Labute approximate surface area is 92.0 Å². The van der Waals surface area contributed by atoms with Gasteiger partial charge < -0.3 is 15.4 Å². The molecule has 1 fully saturated rings. The number of morpholine rings is 1. The predicted molar refractivity (Wildman–Crippen MR) is 55.4 cm³/mol. The molecule has 1 aliphatic rings. The van der Waals surface area contributed by atoms with Crippen LogP contribution < -0.4 is 10.6 Å². The number of pyridine rings is 1. The Hall–Kier alpha value is -1.53. The molecule has 1 aromatic rings. The van der Waals surface area contributed by atoms with Gasteiger partial charge in [0.25, 0.3) is 0 Å². The number of anilines is 1. The molecule has 2 heterocycles. The molecule has 0 aromatic carbocycles. The number of nitrogens with one attached hydrogen (secondary N) is 2. The second-order valence-electron chi connectivity index (χ2n) is 3.43. The summed E-state index contributed by atoms with van der Waals surface area (Å²) in [5.41, 5.74) is 0.132. The van der Waals surface area contributed by atoms with Gasteiger partial charge in [0.1, 0.15) is 6.04 Å². The number of nitrogens with zero attached hydrogens (tertiary/aromatic N) is 1. The van der Waals surface area contributed by atoms with E-state index in [2.05, 4.69) is 15.6 Å². The predicted octanol–water partition coefficient (Wildman–Crippen LogP) is 0.148. The fourth-order valence-electron chi connectivity index (χ4n) is 1.43. The molecule has 86 valence electrons. The molecule has 0 bridgehead atoms. The van der Waals surface area contributed by atoms with Crippen molar-refractivity contribution in [3.05, 3.63) is 24.3 Å². The molecule has 0 radical (unpaired) electrons. The van der Waals surface area contributed by atoms with Gasteiger partial charge in [-0.25, -0.2) is 4.39 Å². The number of halogens is 1. The SMILES string of the molecule is O=C(Nc1ccncc1F)C1COCCN1. The van der Waals surface area contributed by atoms with Crippen molar-refractivity contribution in [1.82, 2.24) is 10.3 Å². The van der Waals surface area contributed by atoms with E-state index >= 15 is 0 Å². The zero-order valence-corrected chi connectivity index (χ0v) is 8.57. The quantitative estimate of drug-likeness (QED) is 0.752. The lowest BCUT2D eigenvalue weighted by Gasteiger charge is -2.22. The van der Waals surface area contributed by atoms with Crippen molar-refractivity contribution in [2.75, 3.05) is 25.1 Å². The molecule has 1 amide bonds. The molecule has 1 unspecified atom stereocenters. The summed E-state index contributed by atoms with van der Waals surface area (Å²) in [4.78, 5) is 15.3. The van der Waals surface area contributed by atoms with E-state index in [1.807, 2.05) is 0 Å². The molecule has 1 saturated heterocycles. The first kappa shape index (κ1) is 11.0. The molecule has 1 aromatic heterocycles. The lowest BCUT2D eigenvalue weighted by Crippen LogP contribution is -2.48. The molecule has 16 heavy (non-hydrogen) atoms. The van der Waals surface area contributed by atoms with Gasteiger partial charge in [0, 0.05) is 12.7 Å². The van der Waals surface area contributed by atoms with E-state index in [1.54, 1.807) is 0 Å². The summed E-state index contributed by atoms with van der Waals surface area (Å²) >= 11 is 0. The minimum atomic E-state index is -0.549. The van der Waals surface area contributed by atoms with Crippen LogP contribution in [0, 0.1) is 5.82 Å². The van der Waals surface area contributed by atoms with Gasteiger partial charge in [0.05, 0.1) is 25.1 Å². The summed E-state index contributed by atoms with van der Waals surface area (Å²) in [7, 11) is 0. The molecular weight excluding hydrogens is 213 g/mol. The first-order valence-corrected chi connectivity index (χ1v) is 4.99. The van der Waals surface area contributed by atoms with E-state index in [4.69, 9.17) is 4.74 Å². The second-order valence-corrected chi connectivity index (χ2v) is 3.43. The van der Waals surface area contributed by atoms with Crippen molar-refractivity contribution >= 4 is 11.6 Å². The third-order valence-corrected chi connectivity index (χ3v) is 2.27. The van der Waals surface area contributed by atoms with Crippen molar-refractivity contribution in [3.63, 3.8) is 0 Å². The highest BCUT2D eigenvalue weighted by Gasteiger charge is 2.21. The lowest BCUT2D eigenvalue weighted by atomic mass is 10.2. The molecule has 6 heteroatoms. The highest BCUT2D eigenvalue weighted by atomic mass is 19.1. The van der Waals surface area contributed by atoms with Crippen LogP contribution in [-0.4, -0.2) is 36.7 Å². The molecule has 2 rings (SSSR count). The van der Waals surface area contributed by atoms with Gasteiger partial charge in [-0.15, -0.1) is 0 Å². The van der Waals surface area contributed by atoms with E-state index in [1.165, 1.54) is 12.3 Å². The summed E-state index contributed by atoms with van der Waals surface area (Å²) in [5, 5.41) is 5.47. The number of hydrogen-bond donors (Lipinski definition) is 2. The highest BCUT2D eigenvalue weighted by molar-refractivity contribution is 5.95. The average molecular weight is 225 g/mol. The van der Waals surface area contributed by atoms with Crippen molar-refractivity contribution in [3.8, 4) is 0 Å². The maximum Gasteiger partial charge on any atom is 0.243 e. The monoisotopic (exact) mass is 225 g/mol. The first-order chi connectivity index (χ1) is 7.77. The summed E-state index contributed by atoms with van der Waals surface area (Å²) in [6.07, 6.45) is 2.48. The fourth-order valence-corrected chi connectivity index (χ4v) is 1.43. The van der Waals surface area contributed by atoms with Crippen LogP contribution in [0.5, 0.6) is 0 Å². The van der Waals surface area contributed by atoms with Crippen LogP contribution in [0.4, 0.5) is 10.1 Å². The van der Waals surface area contributed by atoms with Crippen molar-refractivity contribution < 1.29 is 13.9 Å². The van der Waals surface area contributed by atoms with Gasteiger partial charge in [0.2, 0.25) is 5.91 Å². The second kappa shape index (κ2) is 5.00. The van der Waals surface area contributed by atoms with Gasteiger partial charge in [-0.05, 0) is 6.07 Å².